The molecule has 2 aromatic rings. The molecule has 2 rings (SSSR count). The molecule has 5 heteroatoms. The number of nitrogens with one attached hydrogen (secondary N) is 1. The average Bonchev–Trinajstić information content (AvgIpc) is 2.69. The quantitative estimate of drug-likeness (QED) is 0.929. The van der Waals surface area contributed by atoms with E-state index < -0.39 is 0 Å². The number of nitrogens with zero attached hydrogens (tertiary/aromatic N) is 2. The van der Waals surface area contributed by atoms with E-state index in [1.807, 2.05) is 37.0 Å². The van der Waals surface area contributed by atoms with E-state index in [0.717, 1.165) is 11.3 Å². The van der Waals surface area contributed by atoms with Crippen LogP contribution >= 0.6 is 23.2 Å². The molecule has 0 aliphatic rings. The summed E-state index contributed by atoms with van der Waals surface area (Å²) in [4.78, 5) is 0. The minimum absolute atomic E-state index is 0.00673. The number of aryl methyl sites for hydroxylation is 1. The number of hydrogen-bond acceptors (Lipinski definition) is 2. The van der Waals surface area contributed by atoms with Crippen LogP contribution in [-0.2, 0) is 7.05 Å². The standard InChI is InChI=1S/C12H13Cl2N3/c1-15-12(11-5-6-16-17(11)2)9-4-3-8(13)7-10(9)14/h3-7,12,15H,1-2H3. The molecule has 1 unspecified atom stereocenters. The molecule has 0 fully saturated rings. The molecule has 1 aromatic heterocycles. The Hall–Kier alpha value is -1.03. The Kier molecular flexibility index (Phi) is 3.72. The first-order valence-electron chi connectivity index (χ1n) is 5.23. The maximum Gasteiger partial charge on any atom is 0.0760 e. The van der Waals surface area contributed by atoms with E-state index in [1.54, 1.807) is 12.3 Å². The summed E-state index contributed by atoms with van der Waals surface area (Å²) in [5.41, 5.74) is 2.04. The molecule has 0 spiro atoms. The van der Waals surface area contributed by atoms with E-state index in [-0.39, 0.29) is 6.04 Å². The van der Waals surface area contributed by atoms with Gasteiger partial charge in [-0.05, 0) is 30.8 Å². The first-order chi connectivity index (χ1) is 8.13. The molecule has 1 atom stereocenters. The van der Waals surface area contributed by atoms with Gasteiger partial charge in [-0.3, -0.25) is 4.68 Å². The molecule has 1 aromatic carbocycles. The van der Waals surface area contributed by atoms with Crippen molar-refractivity contribution in [3.05, 3.63) is 51.8 Å². The minimum atomic E-state index is 0.00673. The van der Waals surface area contributed by atoms with Crippen molar-refractivity contribution in [1.29, 1.82) is 0 Å². The molecule has 0 aliphatic heterocycles. The second-order valence-corrected chi connectivity index (χ2v) is 4.61. The van der Waals surface area contributed by atoms with Crippen molar-refractivity contribution in [1.82, 2.24) is 15.1 Å². The van der Waals surface area contributed by atoms with Crippen LogP contribution in [0.15, 0.2) is 30.5 Å². The molecule has 1 N–H and O–H groups in total. The fraction of sp³-hybridized carbons (Fsp3) is 0.250. The van der Waals surface area contributed by atoms with Gasteiger partial charge in [0.1, 0.15) is 0 Å². The summed E-state index contributed by atoms with van der Waals surface area (Å²) in [6.45, 7) is 0. The Bertz CT molecular complexity index is 522. The lowest BCUT2D eigenvalue weighted by molar-refractivity contribution is 0.606. The number of aromatic nitrogens is 2. The lowest BCUT2D eigenvalue weighted by atomic mass is 10.0. The third kappa shape index (κ3) is 2.46. The van der Waals surface area contributed by atoms with E-state index in [2.05, 4.69) is 10.4 Å². The lowest BCUT2D eigenvalue weighted by Gasteiger charge is -2.18. The summed E-state index contributed by atoms with van der Waals surface area (Å²) < 4.78 is 1.83. The van der Waals surface area contributed by atoms with Crippen LogP contribution in [0.2, 0.25) is 10.0 Å². The van der Waals surface area contributed by atoms with Crippen LogP contribution in [0.25, 0.3) is 0 Å². The van der Waals surface area contributed by atoms with Gasteiger partial charge in [-0.2, -0.15) is 5.10 Å². The Morgan fingerprint density at radius 3 is 2.59 bits per heavy atom. The molecule has 0 saturated carbocycles. The van der Waals surface area contributed by atoms with E-state index in [9.17, 15) is 0 Å². The van der Waals surface area contributed by atoms with E-state index in [4.69, 9.17) is 23.2 Å². The van der Waals surface area contributed by atoms with Crippen molar-refractivity contribution in [3.8, 4) is 0 Å². The van der Waals surface area contributed by atoms with Crippen molar-refractivity contribution < 1.29 is 0 Å². The van der Waals surface area contributed by atoms with Crippen LogP contribution in [-0.4, -0.2) is 16.8 Å². The van der Waals surface area contributed by atoms with Gasteiger partial charge in [-0.25, -0.2) is 0 Å². The van der Waals surface area contributed by atoms with Gasteiger partial charge >= 0.3 is 0 Å². The monoisotopic (exact) mass is 269 g/mol. The van der Waals surface area contributed by atoms with Gasteiger partial charge in [0.15, 0.2) is 0 Å². The summed E-state index contributed by atoms with van der Waals surface area (Å²) in [5, 5.41) is 8.69. The van der Waals surface area contributed by atoms with Gasteiger partial charge in [-0.1, -0.05) is 29.3 Å². The molecule has 0 bridgehead atoms. The van der Waals surface area contributed by atoms with E-state index in [0.29, 0.717) is 10.0 Å². The predicted molar refractivity (Wildman–Crippen MR) is 70.6 cm³/mol. The zero-order valence-corrected chi connectivity index (χ0v) is 11.1. The SMILES string of the molecule is CNC(c1ccc(Cl)cc1Cl)c1ccnn1C. The molecule has 3 nitrogen and oxygen atoms in total. The van der Waals surface area contributed by atoms with E-state index >= 15 is 0 Å². The number of halogens is 2. The molecule has 1 heterocycles. The molecular formula is C12H13Cl2N3. The van der Waals surface area contributed by atoms with Gasteiger partial charge in [0, 0.05) is 23.3 Å². The van der Waals surface area contributed by atoms with Crippen LogP contribution in [0.1, 0.15) is 17.3 Å². The molecule has 0 aliphatic carbocycles. The van der Waals surface area contributed by atoms with Crippen molar-refractivity contribution in [3.63, 3.8) is 0 Å². The fourth-order valence-electron chi connectivity index (χ4n) is 1.87. The van der Waals surface area contributed by atoms with Crippen LogP contribution in [0, 0.1) is 0 Å². The normalized spacial score (nSPS) is 12.7. The summed E-state index contributed by atoms with van der Waals surface area (Å²) in [6, 6.07) is 7.49. The summed E-state index contributed by atoms with van der Waals surface area (Å²) in [7, 11) is 3.80. The third-order valence-electron chi connectivity index (χ3n) is 2.72. The smallest absolute Gasteiger partial charge is 0.0760 e. The number of rotatable bonds is 3. The largest absolute Gasteiger partial charge is 0.308 e. The number of benzene rings is 1. The summed E-state index contributed by atoms with van der Waals surface area (Å²) in [5.74, 6) is 0. The van der Waals surface area contributed by atoms with Crippen LogP contribution < -0.4 is 5.32 Å². The molecule has 0 radical (unpaired) electrons. The zero-order valence-electron chi connectivity index (χ0n) is 9.61. The van der Waals surface area contributed by atoms with E-state index in [1.165, 1.54) is 0 Å². The van der Waals surface area contributed by atoms with Crippen molar-refractivity contribution in [2.24, 2.45) is 7.05 Å². The first kappa shape index (κ1) is 12.4. The average molecular weight is 270 g/mol. The van der Waals surface area contributed by atoms with Gasteiger partial charge < -0.3 is 5.32 Å². The van der Waals surface area contributed by atoms with Gasteiger partial charge in [-0.15, -0.1) is 0 Å². The highest BCUT2D eigenvalue weighted by molar-refractivity contribution is 6.35. The molecule has 0 saturated heterocycles. The highest BCUT2D eigenvalue weighted by atomic mass is 35.5. The number of hydrogen-bond donors (Lipinski definition) is 1. The lowest BCUT2D eigenvalue weighted by Crippen LogP contribution is -2.20. The van der Waals surface area contributed by atoms with Crippen LogP contribution in [0.3, 0.4) is 0 Å². The Morgan fingerprint density at radius 1 is 1.29 bits per heavy atom. The van der Waals surface area contributed by atoms with Crippen molar-refractivity contribution in [2.75, 3.05) is 7.05 Å². The maximum absolute atomic E-state index is 6.22. The van der Waals surface area contributed by atoms with Crippen LogP contribution in [0.4, 0.5) is 0 Å². The van der Waals surface area contributed by atoms with Crippen LogP contribution in [0.5, 0.6) is 0 Å². The first-order valence-corrected chi connectivity index (χ1v) is 5.99. The van der Waals surface area contributed by atoms with Crippen molar-refractivity contribution >= 4 is 23.2 Å². The second-order valence-electron chi connectivity index (χ2n) is 3.77. The summed E-state index contributed by atoms with van der Waals surface area (Å²) in [6.07, 6.45) is 1.77. The van der Waals surface area contributed by atoms with Gasteiger partial charge in [0.25, 0.3) is 0 Å². The Morgan fingerprint density at radius 2 is 2.06 bits per heavy atom. The predicted octanol–water partition coefficient (Wildman–Crippen LogP) is 3.04. The maximum atomic E-state index is 6.22. The molecule has 17 heavy (non-hydrogen) atoms. The van der Waals surface area contributed by atoms with Gasteiger partial charge in [0.05, 0.1) is 11.7 Å². The fourth-order valence-corrected chi connectivity index (χ4v) is 2.38. The Balaban J connectivity index is 2.46. The minimum Gasteiger partial charge on any atom is -0.308 e. The van der Waals surface area contributed by atoms with Gasteiger partial charge in [0.2, 0.25) is 0 Å². The molecular weight excluding hydrogens is 257 g/mol. The molecule has 90 valence electrons. The highest BCUT2D eigenvalue weighted by Crippen LogP contribution is 2.29. The highest BCUT2D eigenvalue weighted by Gasteiger charge is 2.18. The third-order valence-corrected chi connectivity index (χ3v) is 3.28. The van der Waals surface area contributed by atoms with Crippen molar-refractivity contribution in [2.45, 2.75) is 6.04 Å². The summed E-state index contributed by atoms with van der Waals surface area (Å²) >= 11 is 12.1. The second kappa shape index (κ2) is 5.08. The Labute approximate surface area is 110 Å². The zero-order chi connectivity index (χ0) is 12.4. The molecule has 0 amide bonds. The topological polar surface area (TPSA) is 29.9 Å².